The van der Waals surface area contributed by atoms with Crippen LogP contribution in [0.2, 0.25) is 0 Å². The van der Waals surface area contributed by atoms with Gasteiger partial charge in [-0.2, -0.15) is 0 Å². The summed E-state index contributed by atoms with van der Waals surface area (Å²) in [6, 6.07) is 0. The van der Waals surface area contributed by atoms with Crippen LogP contribution in [0.15, 0.2) is 0 Å². The largest absolute Gasteiger partial charge is 0.317 e. The molecule has 0 bridgehead atoms. The summed E-state index contributed by atoms with van der Waals surface area (Å²) in [7, 11) is 0. The average molecular weight is 225 g/mol. The summed E-state index contributed by atoms with van der Waals surface area (Å²) in [5.74, 6) is 2.84. The quantitative estimate of drug-likeness (QED) is 0.709. The van der Waals surface area contributed by atoms with E-state index < -0.39 is 0 Å². The first-order valence-corrected chi connectivity index (χ1v) is 7.36. The van der Waals surface area contributed by atoms with Gasteiger partial charge in [-0.15, -0.1) is 0 Å². The van der Waals surface area contributed by atoms with Crippen molar-refractivity contribution in [1.82, 2.24) is 5.32 Å². The molecule has 1 spiro atoms. The normalized spacial score (nSPS) is 32.6. The van der Waals surface area contributed by atoms with Gasteiger partial charge in [0.2, 0.25) is 0 Å². The van der Waals surface area contributed by atoms with Crippen LogP contribution in [0.3, 0.4) is 0 Å². The SMILES string of the molecule is CC.CC(C)C1CCC2(CCNCC2)C1C. The molecule has 1 aliphatic heterocycles. The molecule has 2 aliphatic rings. The summed E-state index contributed by atoms with van der Waals surface area (Å²) in [6.07, 6.45) is 5.84. The van der Waals surface area contributed by atoms with E-state index in [1.807, 2.05) is 13.8 Å². The van der Waals surface area contributed by atoms with Crippen LogP contribution in [0.5, 0.6) is 0 Å². The predicted octanol–water partition coefficient (Wildman–Crippen LogP) is 4.08. The van der Waals surface area contributed by atoms with Crippen LogP contribution in [0.4, 0.5) is 0 Å². The highest BCUT2D eigenvalue weighted by Crippen LogP contribution is 2.54. The fourth-order valence-corrected chi connectivity index (χ4v) is 3.93. The molecular formula is C15H31N. The molecule has 1 heterocycles. The highest BCUT2D eigenvalue weighted by atomic mass is 14.9. The zero-order valence-corrected chi connectivity index (χ0v) is 12.0. The molecule has 2 rings (SSSR count). The maximum absolute atomic E-state index is 3.50. The molecule has 1 saturated carbocycles. The lowest BCUT2D eigenvalue weighted by Gasteiger charge is -2.40. The Labute approximate surface area is 102 Å². The summed E-state index contributed by atoms with van der Waals surface area (Å²) >= 11 is 0. The number of rotatable bonds is 1. The summed E-state index contributed by atoms with van der Waals surface area (Å²) in [5.41, 5.74) is 0.722. The van der Waals surface area contributed by atoms with Gasteiger partial charge in [0, 0.05) is 0 Å². The fourth-order valence-electron chi connectivity index (χ4n) is 3.93. The molecular weight excluding hydrogens is 194 g/mol. The maximum atomic E-state index is 3.50. The van der Waals surface area contributed by atoms with Crippen molar-refractivity contribution in [3.05, 3.63) is 0 Å². The molecule has 1 N–H and O–H groups in total. The number of hydrogen-bond acceptors (Lipinski definition) is 1. The lowest BCUT2D eigenvalue weighted by Crippen LogP contribution is -2.39. The molecule has 0 aromatic heterocycles. The van der Waals surface area contributed by atoms with Crippen LogP contribution >= 0.6 is 0 Å². The standard InChI is InChI=1S/C13H25N.C2H6/c1-10(2)12-4-5-13(11(12)3)6-8-14-9-7-13;1-2/h10-12,14H,4-9H2,1-3H3;1-2H3. The predicted molar refractivity (Wildman–Crippen MR) is 72.6 cm³/mol. The van der Waals surface area contributed by atoms with Gasteiger partial charge in [0.15, 0.2) is 0 Å². The van der Waals surface area contributed by atoms with E-state index in [0.29, 0.717) is 0 Å². The fraction of sp³-hybridized carbons (Fsp3) is 1.00. The molecule has 1 aliphatic carbocycles. The molecule has 0 aromatic rings. The van der Waals surface area contributed by atoms with E-state index in [2.05, 4.69) is 26.1 Å². The Kier molecular flexibility index (Phi) is 5.30. The van der Waals surface area contributed by atoms with Crippen LogP contribution in [0.1, 0.15) is 60.3 Å². The monoisotopic (exact) mass is 225 g/mol. The van der Waals surface area contributed by atoms with Crippen molar-refractivity contribution in [3.63, 3.8) is 0 Å². The van der Waals surface area contributed by atoms with Crippen LogP contribution < -0.4 is 5.32 Å². The highest BCUT2D eigenvalue weighted by molar-refractivity contribution is 4.97. The van der Waals surface area contributed by atoms with Gasteiger partial charge in [-0.25, -0.2) is 0 Å². The molecule has 0 aromatic carbocycles. The third-order valence-corrected chi connectivity index (χ3v) is 5.04. The first kappa shape index (κ1) is 14.0. The molecule has 2 fully saturated rings. The van der Waals surface area contributed by atoms with E-state index in [-0.39, 0.29) is 0 Å². The van der Waals surface area contributed by atoms with Gasteiger partial charge < -0.3 is 5.32 Å². The van der Waals surface area contributed by atoms with Crippen molar-refractivity contribution in [2.24, 2.45) is 23.2 Å². The van der Waals surface area contributed by atoms with Gasteiger partial charge in [0.1, 0.15) is 0 Å². The average Bonchev–Trinajstić information content (AvgIpc) is 2.61. The molecule has 1 nitrogen and oxygen atoms in total. The van der Waals surface area contributed by atoms with Crippen molar-refractivity contribution in [2.45, 2.75) is 60.3 Å². The molecule has 1 saturated heterocycles. The van der Waals surface area contributed by atoms with Crippen molar-refractivity contribution in [2.75, 3.05) is 13.1 Å². The Hall–Kier alpha value is -0.0400. The van der Waals surface area contributed by atoms with E-state index in [1.54, 1.807) is 0 Å². The molecule has 16 heavy (non-hydrogen) atoms. The number of hydrogen-bond donors (Lipinski definition) is 1. The smallest absolute Gasteiger partial charge is 0.00435 e. The Morgan fingerprint density at radius 1 is 1.06 bits per heavy atom. The third kappa shape index (κ3) is 2.61. The Morgan fingerprint density at radius 2 is 1.62 bits per heavy atom. The van der Waals surface area contributed by atoms with Crippen LogP contribution in [0, 0.1) is 23.2 Å². The van der Waals surface area contributed by atoms with E-state index in [0.717, 1.165) is 23.2 Å². The topological polar surface area (TPSA) is 12.0 Å². The van der Waals surface area contributed by atoms with E-state index in [4.69, 9.17) is 0 Å². The van der Waals surface area contributed by atoms with Crippen molar-refractivity contribution in [1.29, 1.82) is 0 Å². The van der Waals surface area contributed by atoms with Crippen LogP contribution in [-0.4, -0.2) is 13.1 Å². The number of nitrogens with one attached hydrogen (secondary N) is 1. The van der Waals surface area contributed by atoms with E-state index in [9.17, 15) is 0 Å². The van der Waals surface area contributed by atoms with Crippen molar-refractivity contribution >= 4 is 0 Å². The Balaban J connectivity index is 0.000000606. The van der Waals surface area contributed by atoms with Crippen molar-refractivity contribution < 1.29 is 0 Å². The first-order chi connectivity index (χ1) is 7.66. The van der Waals surface area contributed by atoms with Gasteiger partial charge >= 0.3 is 0 Å². The van der Waals surface area contributed by atoms with Crippen molar-refractivity contribution in [3.8, 4) is 0 Å². The van der Waals surface area contributed by atoms with Gasteiger partial charge in [-0.05, 0) is 61.9 Å². The second kappa shape index (κ2) is 6.05. The van der Waals surface area contributed by atoms with Gasteiger partial charge in [0.05, 0.1) is 0 Å². The molecule has 0 radical (unpaired) electrons. The van der Waals surface area contributed by atoms with E-state index >= 15 is 0 Å². The summed E-state index contributed by atoms with van der Waals surface area (Å²) in [5, 5.41) is 3.50. The lowest BCUT2D eigenvalue weighted by atomic mass is 9.69. The summed E-state index contributed by atoms with van der Waals surface area (Å²) in [4.78, 5) is 0. The maximum Gasteiger partial charge on any atom is -0.00435 e. The highest BCUT2D eigenvalue weighted by Gasteiger charge is 2.46. The molecule has 2 unspecified atom stereocenters. The third-order valence-electron chi connectivity index (χ3n) is 5.04. The second-order valence-electron chi connectivity index (χ2n) is 5.85. The van der Waals surface area contributed by atoms with Gasteiger partial charge in [0.25, 0.3) is 0 Å². The Bertz CT molecular complexity index is 192. The van der Waals surface area contributed by atoms with E-state index in [1.165, 1.54) is 38.8 Å². The zero-order valence-electron chi connectivity index (χ0n) is 12.0. The molecule has 96 valence electrons. The van der Waals surface area contributed by atoms with Crippen LogP contribution in [0.25, 0.3) is 0 Å². The second-order valence-corrected chi connectivity index (χ2v) is 5.85. The number of piperidine rings is 1. The lowest BCUT2D eigenvalue weighted by molar-refractivity contribution is 0.117. The van der Waals surface area contributed by atoms with Gasteiger partial charge in [-0.3, -0.25) is 0 Å². The van der Waals surface area contributed by atoms with Crippen LogP contribution in [-0.2, 0) is 0 Å². The first-order valence-electron chi connectivity index (χ1n) is 7.36. The minimum absolute atomic E-state index is 0.722. The Morgan fingerprint density at radius 3 is 2.06 bits per heavy atom. The minimum Gasteiger partial charge on any atom is -0.317 e. The minimum atomic E-state index is 0.722. The molecule has 0 amide bonds. The zero-order chi connectivity index (χ0) is 12.2. The summed E-state index contributed by atoms with van der Waals surface area (Å²) in [6.45, 7) is 13.8. The molecule has 1 heteroatoms. The summed E-state index contributed by atoms with van der Waals surface area (Å²) < 4.78 is 0. The molecule has 2 atom stereocenters. The van der Waals surface area contributed by atoms with Gasteiger partial charge in [-0.1, -0.05) is 34.6 Å².